The van der Waals surface area contributed by atoms with E-state index in [1.165, 1.54) is 18.3 Å². The fourth-order valence-electron chi connectivity index (χ4n) is 4.47. The van der Waals surface area contributed by atoms with E-state index >= 15 is 0 Å². The van der Waals surface area contributed by atoms with Crippen molar-refractivity contribution in [1.82, 2.24) is 10.1 Å². The number of rotatable bonds is 6. The molecule has 2 aliphatic rings. The Bertz CT molecular complexity index is 1640. The third-order valence-electron chi connectivity index (χ3n) is 6.52. The molecule has 1 saturated carbocycles. The first-order valence-corrected chi connectivity index (χ1v) is 13.7. The van der Waals surface area contributed by atoms with Crippen molar-refractivity contribution < 1.29 is 27.2 Å². The molecule has 4 aromatic rings. The van der Waals surface area contributed by atoms with Crippen molar-refractivity contribution >= 4 is 27.7 Å². The van der Waals surface area contributed by atoms with E-state index in [9.17, 15) is 13.2 Å². The second-order valence-corrected chi connectivity index (χ2v) is 11.5. The predicted molar refractivity (Wildman–Crippen MR) is 135 cm³/mol. The van der Waals surface area contributed by atoms with Gasteiger partial charge in [0.05, 0.1) is 22.5 Å². The van der Waals surface area contributed by atoms with E-state index in [0.717, 1.165) is 35.3 Å². The van der Waals surface area contributed by atoms with E-state index < -0.39 is 9.84 Å². The number of ether oxygens (including phenoxy) is 2. The zero-order valence-corrected chi connectivity index (χ0v) is 21.3. The maximum atomic E-state index is 13.2. The quantitative estimate of drug-likeness (QED) is 0.274. The van der Waals surface area contributed by atoms with Gasteiger partial charge < -0.3 is 14.0 Å². The molecule has 0 unspecified atom stereocenters. The fourth-order valence-corrected chi connectivity index (χ4v) is 6.26. The molecule has 37 heavy (non-hydrogen) atoms. The highest BCUT2D eigenvalue weighted by Crippen LogP contribution is 2.46. The Morgan fingerprint density at radius 3 is 2.76 bits per heavy atom. The maximum Gasteiger partial charge on any atom is 0.215 e. The molecule has 0 bridgehead atoms. The van der Waals surface area contributed by atoms with Crippen LogP contribution in [-0.2, 0) is 22.2 Å². The van der Waals surface area contributed by atoms with E-state index in [0.29, 0.717) is 33.9 Å². The first kappa shape index (κ1) is 23.7. The molecular weight excluding hydrogens is 516 g/mol. The van der Waals surface area contributed by atoms with Crippen molar-refractivity contribution in [2.24, 2.45) is 0 Å². The molecule has 2 aromatic heterocycles. The molecule has 1 fully saturated rings. The molecule has 8 nitrogen and oxygen atoms in total. The topological polar surface area (TPSA) is 109 Å². The number of nitrogens with zero attached hydrogens (tertiary/aromatic N) is 2. The van der Waals surface area contributed by atoms with Crippen LogP contribution in [0.2, 0.25) is 5.02 Å². The minimum Gasteiger partial charge on any atom is -0.473 e. The number of halogens is 1. The van der Waals surface area contributed by atoms with E-state index in [-0.39, 0.29) is 34.8 Å². The number of carbonyl (C=O) groups excluding carboxylic acids is 1. The van der Waals surface area contributed by atoms with Gasteiger partial charge in [0.25, 0.3) is 0 Å². The van der Waals surface area contributed by atoms with Crippen LogP contribution in [0, 0.1) is 6.92 Å². The number of sulfone groups is 1. The van der Waals surface area contributed by atoms with Crippen LogP contribution in [0.1, 0.15) is 51.6 Å². The van der Waals surface area contributed by atoms with Crippen LogP contribution in [0.3, 0.4) is 0 Å². The number of pyridine rings is 1. The normalized spacial score (nSPS) is 15.7. The van der Waals surface area contributed by atoms with Crippen LogP contribution in [0.15, 0.2) is 58.1 Å². The molecule has 2 aromatic carbocycles. The van der Waals surface area contributed by atoms with Crippen molar-refractivity contribution in [3.05, 3.63) is 81.7 Å². The van der Waals surface area contributed by atoms with Gasteiger partial charge in [-0.25, -0.2) is 13.4 Å². The summed E-state index contributed by atoms with van der Waals surface area (Å²) in [5.41, 5.74) is 3.95. The summed E-state index contributed by atoms with van der Waals surface area (Å²) in [5, 5.41) is 4.88. The van der Waals surface area contributed by atoms with Crippen LogP contribution in [0.5, 0.6) is 17.4 Å². The Hall–Kier alpha value is -3.69. The third kappa shape index (κ3) is 4.38. The van der Waals surface area contributed by atoms with Crippen molar-refractivity contribution in [1.29, 1.82) is 0 Å². The number of aromatic nitrogens is 2. The van der Waals surface area contributed by atoms with Gasteiger partial charge in [0.2, 0.25) is 5.88 Å². The molecule has 10 heteroatoms. The fraction of sp³-hybridized carbons (Fsp3) is 0.222. The van der Waals surface area contributed by atoms with Gasteiger partial charge in [-0.15, -0.1) is 0 Å². The molecule has 0 saturated heterocycles. The van der Waals surface area contributed by atoms with Gasteiger partial charge in [0, 0.05) is 28.7 Å². The highest BCUT2D eigenvalue weighted by molar-refractivity contribution is 7.90. The average molecular weight is 537 g/mol. The summed E-state index contributed by atoms with van der Waals surface area (Å²) in [7, 11) is -3.76. The molecule has 6 rings (SSSR count). The smallest absolute Gasteiger partial charge is 0.215 e. The summed E-state index contributed by atoms with van der Waals surface area (Å²) in [5.74, 6) is 1.25. The molecule has 0 spiro atoms. The molecule has 188 valence electrons. The molecule has 0 amide bonds. The van der Waals surface area contributed by atoms with Crippen molar-refractivity contribution in [3.8, 4) is 28.6 Å². The van der Waals surface area contributed by atoms with E-state index in [1.807, 2.05) is 19.1 Å². The third-order valence-corrected chi connectivity index (χ3v) is 8.52. The minimum absolute atomic E-state index is 0.0312. The standard InChI is InChI=1S/C27H21ClN2O6S/c1-15-3-2-4-20(28)25(15)26-19(27(36-30-26)17-7-8-17)13-34-24-10-23-22(11-29-24)35-21-9-16(12-31)5-6-18(21)14-37(23,32)33/h2-6,9-12,17H,7-8,13-14H2,1H3. The van der Waals surface area contributed by atoms with Gasteiger partial charge in [0.15, 0.2) is 15.6 Å². The van der Waals surface area contributed by atoms with Crippen molar-refractivity contribution in [3.63, 3.8) is 0 Å². The highest BCUT2D eigenvalue weighted by atomic mass is 35.5. The lowest BCUT2D eigenvalue weighted by Gasteiger charge is -2.12. The highest BCUT2D eigenvalue weighted by Gasteiger charge is 2.34. The van der Waals surface area contributed by atoms with Crippen LogP contribution < -0.4 is 9.47 Å². The average Bonchev–Trinajstić information content (AvgIpc) is 3.65. The van der Waals surface area contributed by atoms with E-state index in [2.05, 4.69) is 10.1 Å². The lowest BCUT2D eigenvalue weighted by Crippen LogP contribution is -2.06. The summed E-state index contributed by atoms with van der Waals surface area (Å²) >= 11 is 6.51. The minimum atomic E-state index is -3.76. The zero-order valence-electron chi connectivity index (χ0n) is 19.7. The van der Waals surface area contributed by atoms with Gasteiger partial charge in [-0.1, -0.05) is 41.0 Å². The summed E-state index contributed by atoms with van der Waals surface area (Å²) < 4.78 is 44.0. The Labute approximate surface area is 218 Å². The number of aryl methyl sites for hydroxylation is 1. The lowest BCUT2D eigenvalue weighted by atomic mass is 10.0. The maximum absolute atomic E-state index is 13.2. The number of benzene rings is 2. The number of hydrogen-bond donors (Lipinski definition) is 0. The molecule has 0 radical (unpaired) electrons. The summed E-state index contributed by atoms with van der Waals surface area (Å²) in [4.78, 5) is 15.4. The second-order valence-electron chi connectivity index (χ2n) is 9.18. The Morgan fingerprint density at radius 2 is 2.00 bits per heavy atom. The van der Waals surface area contributed by atoms with Crippen molar-refractivity contribution in [2.45, 2.75) is 42.9 Å². The predicted octanol–water partition coefficient (Wildman–Crippen LogP) is 6.05. The Balaban J connectivity index is 1.33. The SMILES string of the molecule is Cc1cccc(Cl)c1-c1noc(C2CC2)c1COc1cc2c(cn1)Oc1cc(C=O)ccc1CS2(=O)=O. The summed E-state index contributed by atoms with van der Waals surface area (Å²) in [6.07, 6.45) is 4.00. The van der Waals surface area contributed by atoms with E-state index in [4.69, 9.17) is 25.6 Å². The Morgan fingerprint density at radius 1 is 1.16 bits per heavy atom. The number of aldehydes is 1. The van der Waals surface area contributed by atoms with Crippen LogP contribution in [0.25, 0.3) is 11.3 Å². The Kier molecular flexibility index (Phi) is 5.77. The number of carbonyl (C=O) groups is 1. The number of hydrogen-bond acceptors (Lipinski definition) is 8. The van der Waals surface area contributed by atoms with Gasteiger partial charge in [-0.2, -0.15) is 0 Å². The van der Waals surface area contributed by atoms with Crippen LogP contribution in [-0.4, -0.2) is 24.8 Å². The van der Waals surface area contributed by atoms with Gasteiger partial charge in [-0.05, 0) is 37.5 Å². The first-order chi connectivity index (χ1) is 17.8. The molecule has 1 aliphatic heterocycles. The monoisotopic (exact) mass is 536 g/mol. The van der Waals surface area contributed by atoms with Crippen LogP contribution >= 0.6 is 11.6 Å². The lowest BCUT2D eigenvalue weighted by molar-refractivity contribution is 0.112. The molecule has 1 aliphatic carbocycles. The molecule has 3 heterocycles. The van der Waals surface area contributed by atoms with Crippen molar-refractivity contribution in [2.75, 3.05) is 0 Å². The summed E-state index contributed by atoms with van der Waals surface area (Å²) in [6, 6.07) is 11.6. The number of fused-ring (bicyclic) bond motifs is 2. The van der Waals surface area contributed by atoms with Gasteiger partial charge >= 0.3 is 0 Å². The molecule has 0 N–H and O–H groups in total. The van der Waals surface area contributed by atoms with Crippen LogP contribution in [0.4, 0.5) is 0 Å². The van der Waals surface area contributed by atoms with Gasteiger partial charge in [-0.3, -0.25) is 4.79 Å². The zero-order chi connectivity index (χ0) is 25.7. The first-order valence-electron chi connectivity index (χ1n) is 11.7. The summed E-state index contributed by atoms with van der Waals surface area (Å²) in [6.45, 7) is 2.03. The van der Waals surface area contributed by atoms with Gasteiger partial charge in [0.1, 0.15) is 35.0 Å². The molecular formula is C27H21ClN2O6S. The second kappa shape index (κ2) is 9.00. The largest absolute Gasteiger partial charge is 0.473 e. The van der Waals surface area contributed by atoms with E-state index in [1.54, 1.807) is 18.2 Å². The molecule has 0 atom stereocenters.